The van der Waals surface area contributed by atoms with E-state index in [1.807, 2.05) is 11.8 Å². The van der Waals surface area contributed by atoms with E-state index < -0.39 is 0 Å². The van der Waals surface area contributed by atoms with Gasteiger partial charge in [0.2, 0.25) is 0 Å². The van der Waals surface area contributed by atoms with Gasteiger partial charge in [0.25, 0.3) is 0 Å². The summed E-state index contributed by atoms with van der Waals surface area (Å²) in [6.45, 7) is 4.04. The molecular weight excluding hydrogens is 254 g/mol. The summed E-state index contributed by atoms with van der Waals surface area (Å²) in [5.41, 5.74) is 2.38. The van der Waals surface area contributed by atoms with E-state index in [0.29, 0.717) is 0 Å². The van der Waals surface area contributed by atoms with Gasteiger partial charge in [0.1, 0.15) is 10.7 Å². The Bertz CT molecular complexity index is 543. The van der Waals surface area contributed by atoms with Gasteiger partial charge in [-0.1, -0.05) is 25.8 Å². The average Bonchev–Trinajstić information content (AvgIpc) is 3.04. The molecule has 0 aliphatic heterocycles. The van der Waals surface area contributed by atoms with Crippen LogP contribution in [0.3, 0.4) is 0 Å². The van der Waals surface area contributed by atoms with Gasteiger partial charge in [-0.25, -0.2) is 4.98 Å². The molecule has 102 valence electrons. The predicted octanol–water partition coefficient (Wildman–Crippen LogP) is 3.48. The monoisotopic (exact) mass is 275 g/mol. The molecule has 1 N–H and O–H groups in total. The van der Waals surface area contributed by atoms with Crippen molar-refractivity contribution >= 4 is 17.4 Å². The standard InChI is InChI=1S/C15H21N3S/c1-2-16-11-13-15(19-12-7-3-4-8-12)17-14-9-5-6-10-18(13)14/h5-6,9-10,12,16H,2-4,7-8,11H2,1H3. The van der Waals surface area contributed by atoms with Crippen molar-refractivity contribution in [1.82, 2.24) is 14.7 Å². The van der Waals surface area contributed by atoms with Gasteiger partial charge >= 0.3 is 0 Å². The summed E-state index contributed by atoms with van der Waals surface area (Å²) in [4.78, 5) is 4.81. The summed E-state index contributed by atoms with van der Waals surface area (Å²) < 4.78 is 2.22. The number of pyridine rings is 1. The minimum atomic E-state index is 0.769. The number of nitrogens with zero attached hydrogens (tertiary/aromatic N) is 2. The zero-order valence-electron chi connectivity index (χ0n) is 11.4. The highest BCUT2D eigenvalue weighted by atomic mass is 32.2. The van der Waals surface area contributed by atoms with Crippen LogP contribution in [0, 0.1) is 0 Å². The van der Waals surface area contributed by atoms with Gasteiger partial charge in [-0.15, -0.1) is 11.8 Å². The number of rotatable bonds is 5. The lowest BCUT2D eigenvalue weighted by Gasteiger charge is -2.09. The molecule has 2 heterocycles. The maximum Gasteiger partial charge on any atom is 0.138 e. The fraction of sp³-hybridized carbons (Fsp3) is 0.533. The SMILES string of the molecule is CCNCc1c(SC2CCCC2)nc2ccccn12. The van der Waals surface area contributed by atoms with Crippen molar-refractivity contribution in [1.29, 1.82) is 0 Å². The number of aromatic nitrogens is 2. The number of nitrogens with one attached hydrogen (secondary N) is 1. The van der Waals surface area contributed by atoms with Gasteiger partial charge in [-0.05, 0) is 31.5 Å². The van der Waals surface area contributed by atoms with E-state index in [1.54, 1.807) is 0 Å². The zero-order chi connectivity index (χ0) is 13.1. The second kappa shape index (κ2) is 5.97. The third kappa shape index (κ3) is 2.79. The largest absolute Gasteiger partial charge is 0.311 e. The number of hydrogen-bond donors (Lipinski definition) is 1. The topological polar surface area (TPSA) is 29.3 Å². The van der Waals surface area contributed by atoms with Gasteiger partial charge in [0.05, 0.1) is 5.69 Å². The lowest BCUT2D eigenvalue weighted by atomic mass is 10.4. The molecule has 1 saturated carbocycles. The van der Waals surface area contributed by atoms with E-state index in [9.17, 15) is 0 Å². The Kier molecular flexibility index (Phi) is 4.09. The van der Waals surface area contributed by atoms with Crippen LogP contribution in [0.25, 0.3) is 5.65 Å². The van der Waals surface area contributed by atoms with E-state index in [2.05, 4.69) is 41.0 Å². The highest BCUT2D eigenvalue weighted by Gasteiger charge is 2.20. The first-order chi connectivity index (χ1) is 9.38. The van der Waals surface area contributed by atoms with Gasteiger partial charge in [0.15, 0.2) is 0 Å². The molecule has 0 radical (unpaired) electrons. The minimum Gasteiger partial charge on any atom is -0.311 e. The van der Waals surface area contributed by atoms with Crippen LogP contribution < -0.4 is 5.32 Å². The van der Waals surface area contributed by atoms with Crippen molar-refractivity contribution in [3.63, 3.8) is 0 Å². The van der Waals surface area contributed by atoms with Gasteiger partial charge < -0.3 is 9.72 Å². The number of fused-ring (bicyclic) bond motifs is 1. The fourth-order valence-corrected chi connectivity index (χ4v) is 4.03. The summed E-state index contributed by atoms with van der Waals surface area (Å²) in [7, 11) is 0. The summed E-state index contributed by atoms with van der Waals surface area (Å²) in [5.74, 6) is 0. The summed E-state index contributed by atoms with van der Waals surface area (Å²) in [5, 5.41) is 5.42. The molecule has 1 aliphatic carbocycles. The lowest BCUT2D eigenvalue weighted by Crippen LogP contribution is -2.14. The summed E-state index contributed by atoms with van der Waals surface area (Å²) in [6.07, 6.45) is 7.58. The van der Waals surface area contributed by atoms with Crippen molar-refractivity contribution in [3.8, 4) is 0 Å². The van der Waals surface area contributed by atoms with E-state index in [0.717, 1.165) is 24.0 Å². The molecular formula is C15H21N3S. The quantitative estimate of drug-likeness (QED) is 0.906. The first-order valence-electron chi connectivity index (χ1n) is 7.22. The maximum absolute atomic E-state index is 4.81. The van der Waals surface area contributed by atoms with Gasteiger partial charge in [0, 0.05) is 18.0 Å². The average molecular weight is 275 g/mol. The third-order valence-corrected chi connectivity index (χ3v) is 5.07. The minimum absolute atomic E-state index is 0.769. The summed E-state index contributed by atoms with van der Waals surface area (Å²) in [6, 6.07) is 6.23. The highest BCUT2D eigenvalue weighted by Crippen LogP contribution is 2.36. The molecule has 3 nitrogen and oxygen atoms in total. The Morgan fingerprint density at radius 1 is 1.37 bits per heavy atom. The first-order valence-corrected chi connectivity index (χ1v) is 8.10. The van der Waals surface area contributed by atoms with Crippen LogP contribution in [0.2, 0.25) is 0 Å². The van der Waals surface area contributed by atoms with Crippen molar-refractivity contribution in [2.75, 3.05) is 6.54 Å². The number of imidazole rings is 1. The van der Waals surface area contributed by atoms with Gasteiger partial charge in [-0.3, -0.25) is 0 Å². The zero-order valence-corrected chi connectivity index (χ0v) is 12.2. The van der Waals surface area contributed by atoms with Crippen LogP contribution >= 0.6 is 11.8 Å². The Hall–Kier alpha value is -1.00. The van der Waals surface area contributed by atoms with Crippen LogP contribution in [0.1, 0.15) is 38.3 Å². The Morgan fingerprint density at radius 2 is 2.21 bits per heavy atom. The van der Waals surface area contributed by atoms with Crippen LogP contribution in [0.4, 0.5) is 0 Å². The molecule has 1 fully saturated rings. The van der Waals surface area contributed by atoms with Crippen LogP contribution in [0.5, 0.6) is 0 Å². The molecule has 0 saturated heterocycles. The van der Waals surface area contributed by atoms with E-state index in [1.165, 1.54) is 36.4 Å². The fourth-order valence-electron chi connectivity index (χ4n) is 2.69. The molecule has 3 rings (SSSR count). The van der Waals surface area contributed by atoms with E-state index in [4.69, 9.17) is 4.98 Å². The molecule has 1 aliphatic rings. The third-order valence-electron chi connectivity index (χ3n) is 3.72. The second-order valence-electron chi connectivity index (χ2n) is 5.10. The highest BCUT2D eigenvalue weighted by molar-refractivity contribution is 7.99. The van der Waals surface area contributed by atoms with Crippen molar-refractivity contribution in [3.05, 3.63) is 30.1 Å². The molecule has 0 amide bonds. The first kappa shape index (κ1) is 13.0. The van der Waals surface area contributed by atoms with Crippen molar-refractivity contribution < 1.29 is 0 Å². The molecule has 2 aromatic rings. The molecule has 4 heteroatoms. The number of thioether (sulfide) groups is 1. The predicted molar refractivity (Wildman–Crippen MR) is 80.7 cm³/mol. The van der Waals surface area contributed by atoms with E-state index >= 15 is 0 Å². The van der Waals surface area contributed by atoms with Gasteiger partial charge in [-0.2, -0.15) is 0 Å². The molecule has 0 aromatic carbocycles. The molecule has 2 aromatic heterocycles. The van der Waals surface area contributed by atoms with Crippen molar-refractivity contribution in [2.24, 2.45) is 0 Å². The molecule has 0 atom stereocenters. The van der Waals surface area contributed by atoms with Crippen LogP contribution in [0.15, 0.2) is 29.4 Å². The normalized spacial score (nSPS) is 16.5. The molecule has 0 unspecified atom stereocenters. The summed E-state index contributed by atoms with van der Waals surface area (Å²) >= 11 is 1.98. The number of hydrogen-bond acceptors (Lipinski definition) is 3. The van der Waals surface area contributed by atoms with Crippen LogP contribution in [-0.2, 0) is 6.54 Å². The molecule has 0 spiro atoms. The Morgan fingerprint density at radius 3 is 3.00 bits per heavy atom. The molecule has 0 bridgehead atoms. The smallest absolute Gasteiger partial charge is 0.138 e. The maximum atomic E-state index is 4.81. The Balaban J connectivity index is 1.91. The Labute approximate surface area is 118 Å². The van der Waals surface area contributed by atoms with Crippen molar-refractivity contribution in [2.45, 2.75) is 49.4 Å². The molecule has 19 heavy (non-hydrogen) atoms. The lowest BCUT2D eigenvalue weighted by molar-refractivity contribution is 0.693. The van der Waals surface area contributed by atoms with E-state index in [-0.39, 0.29) is 0 Å². The van der Waals surface area contributed by atoms with Crippen LogP contribution in [-0.4, -0.2) is 21.2 Å². The second-order valence-corrected chi connectivity index (χ2v) is 6.39.